The molecular weight excluding hydrogens is 210 g/mol. The summed E-state index contributed by atoms with van der Waals surface area (Å²) < 4.78 is 0. The van der Waals surface area contributed by atoms with Crippen LogP contribution in [0.3, 0.4) is 0 Å². The number of fused-ring (bicyclic) bond motifs is 3. The van der Waals surface area contributed by atoms with Crippen molar-refractivity contribution >= 4 is 18.1 Å². The van der Waals surface area contributed by atoms with E-state index in [9.17, 15) is 4.79 Å². The molecule has 0 saturated heterocycles. The maximum atomic E-state index is 11.2. The Morgan fingerprint density at radius 1 is 1.12 bits per heavy atom. The maximum absolute atomic E-state index is 11.2. The summed E-state index contributed by atoms with van der Waals surface area (Å²) in [6.45, 7) is 0. The highest BCUT2D eigenvalue weighted by Crippen LogP contribution is 2.39. The molecule has 1 aromatic rings. The van der Waals surface area contributed by atoms with Gasteiger partial charge in [-0.1, -0.05) is 48.6 Å². The van der Waals surface area contributed by atoms with Crippen molar-refractivity contribution in [2.45, 2.75) is 12.3 Å². The van der Waals surface area contributed by atoms with Crippen LogP contribution in [-0.2, 0) is 11.2 Å². The summed E-state index contributed by atoms with van der Waals surface area (Å²) in [5, 5.41) is 0. The van der Waals surface area contributed by atoms with Crippen LogP contribution in [0.25, 0.3) is 12.2 Å². The van der Waals surface area contributed by atoms with E-state index in [0.29, 0.717) is 0 Å². The van der Waals surface area contributed by atoms with Crippen LogP contribution < -0.4 is 5.73 Å². The largest absolute Gasteiger partial charge is 0.369 e. The zero-order valence-corrected chi connectivity index (χ0v) is 9.39. The van der Waals surface area contributed by atoms with Crippen LogP contribution in [0.1, 0.15) is 28.2 Å². The zero-order chi connectivity index (χ0) is 11.8. The third kappa shape index (κ3) is 1.53. The van der Waals surface area contributed by atoms with E-state index in [1.54, 1.807) is 0 Å². The van der Waals surface area contributed by atoms with Crippen LogP contribution in [0.5, 0.6) is 0 Å². The number of benzene rings is 1. The van der Waals surface area contributed by atoms with Crippen molar-refractivity contribution in [2.24, 2.45) is 5.73 Å². The third-order valence-electron chi connectivity index (χ3n) is 3.43. The van der Waals surface area contributed by atoms with E-state index in [0.717, 1.165) is 12.0 Å². The molecule has 1 atom stereocenters. The Kier molecular flexibility index (Phi) is 2.22. The van der Waals surface area contributed by atoms with Crippen LogP contribution in [0.2, 0.25) is 0 Å². The summed E-state index contributed by atoms with van der Waals surface area (Å²) in [4.78, 5) is 11.2. The lowest BCUT2D eigenvalue weighted by molar-refractivity contribution is -0.119. The minimum atomic E-state index is -0.220. The number of primary amides is 1. The van der Waals surface area contributed by atoms with Crippen molar-refractivity contribution in [1.82, 2.24) is 0 Å². The topological polar surface area (TPSA) is 43.1 Å². The van der Waals surface area contributed by atoms with Gasteiger partial charge in [-0.3, -0.25) is 4.79 Å². The van der Waals surface area contributed by atoms with E-state index in [2.05, 4.69) is 18.2 Å². The Balaban J connectivity index is 2.12. The van der Waals surface area contributed by atoms with Gasteiger partial charge in [0, 0.05) is 0 Å². The first-order valence-electron chi connectivity index (χ1n) is 5.74. The molecular formula is C15H13NO. The van der Waals surface area contributed by atoms with Crippen molar-refractivity contribution in [1.29, 1.82) is 0 Å². The highest BCUT2D eigenvalue weighted by atomic mass is 16.1. The van der Waals surface area contributed by atoms with Crippen LogP contribution in [0.15, 0.2) is 36.4 Å². The number of allylic oxidation sites excluding steroid dienone is 4. The molecule has 0 radical (unpaired) electrons. The van der Waals surface area contributed by atoms with Gasteiger partial charge in [0.25, 0.3) is 0 Å². The minimum Gasteiger partial charge on any atom is -0.369 e. The lowest BCUT2D eigenvalue weighted by Gasteiger charge is -2.30. The van der Waals surface area contributed by atoms with Gasteiger partial charge in [-0.15, -0.1) is 0 Å². The van der Waals surface area contributed by atoms with Crippen molar-refractivity contribution in [3.05, 3.63) is 58.7 Å². The lowest BCUT2D eigenvalue weighted by Crippen LogP contribution is -2.31. The normalized spacial score (nSPS) is 25.5. The molecule has 0 heterocycles. The van der Waals surface area contributed by atoms with Crippen molar-refractivity contribution in [3.63, 3.8) is 0 Å². The standard InChI is InChI=1S/C15H13NO/c16-15(17)14-9-13-11-6-4-2-1-3-5-10(11)7-8-12(13)14/h1-8,14H,9H2,(H2,16,17)/b2-1-,3-1?,4-2?,5-3-,6-4-,10-5?,11-6?. The summed E-state index contributed by atoms with van der Waals surface area (Å²) in [5.41, 5.74) is 10.1. The Morgan fingerprint density at radius 2 is 1.88 bits per heavy atom. The molecule has 0 aliphatic heterocycles. The van der Waals surface area contributed by atoms with Gasteiger partial charge in [0.2, 0.25) is 5.91 Å². The minimum absolute atomic E-state index is 0.0892. The maximum Gasteiger partial charge on any atom is 0.225 e. The third-order valence-corrected chi connectivity index (χ3v) is 3.43. The molecule has 2 aliphatic rings. The molecule has 1 unspecified atom stereocenters. The SMILES string of the molecule is NC(=O)C1Cc2c1ccc1c2\C=C/C=C\C=C/1. The molecule has 1 amide bonds. The molecule has 0 fully saturated rings. The molecule has 1 aromatic carbocycles. The van der Waals surface area contributed by atoms with E-state index < -0.39 is 0 Å². The summed E-state index contributed by atoms with van der Waals surface area (Å²) >= 11 is 0. The summed E-state index contributed by atoms with van der Waals surface area (Å²) in [6, 6.07) is 4.08. The first-order valence-corrected chi connectivity index (χ1v) is 5.74. The van der Waals surface area contributed by atoms with Crippen molar-refractivity contribution in [2.75, 3.05) is 0 Å². The fourth-order valence-corrected chi connectivity index (χ4v) is 2.47. The number of carbonyl (C=O) groups is 1. The summed E-state index contributed by atoms with van der Waals surface area (Å²) in [6.07, 6.45) is 13.0. The monoisotopic (exact) mass is 223 g/mol. The summed E-state index contributed by atoms with van der Waals surface area (Å²) in [7, 11) is 0. The Bertz CT molecular complexity index is 579. The molecule has 3 rings (SSSR count). The molecule has 17 heavy (non-hydrogen) atoms. The van der Waals surface area contributed by atoms with E-state index >= 15 is 0 Å². The van der Waals surface area contributed by atoms with Crippen LogP contribution in [0, 0.1) is 0 Å². The van der Waals surface area contributed by atoms with Crippen LogP contribution >= 0.6 is 0 Å². The fourth-order valence-electron chi connectivity index (χ4n) is 2.47. The van der Waals surface area contributed by atoms with Gasteiger partial charge in [0.15, 0.2) is 0 Å². The van der Waals surface area contributed by atoms with E-state index in [4.69, 9.17) is 5.73 Å². The number of hydrogen-bond acceptors (Lipinski definition) is 1. The Labute approximate surface area is 100 Å². The number of rotatable bonds is 1. The molecule has 84 valence electrons. The molecule has 0 spiro atoms. The number of hydrogen-bond donors (Lipinski definition) is 1. The molecule has 0 saturated carbocycles. The molecule has 2 heteroatoms. The second-order valence-corrected chi connectivity index (χ2v) is 4.40. The average molecular weight is 223 g/mol. The molecule has 0 aromatic heterocycles. The number of carbonyl (C=O) groups excluding carboxylic acids is 1. The van der Waals surface area contributed by atoms with Gasteiger partial charge >= 0.3 is 0 Å². The predicted molar refractivity (Wildman–Crippen MR) is 69.3 cm³/mol. The fraction of sp³-hybridized carbons (Fsp3) is 0.133. The van der Waals surface area contributed by atoms with Crippen molar-refractivity contribution < 1.29 is 4.79 Å². The molecule has 2 aliphatic carbocycles. The first kappa shape index (κ1) is 10.1. The second kappa shape index (κ2) is 3.74. The smallest absolute Gasteiger partial charge is 0.225 e. The zero-order valence-electron chi connectivity index (χ0n) is 9.39. The van der Waals surface area contributed by atoms with Gasteiger partial charge in [0.05, 0.1) is 5.92 Å². The molecule has 0 bridgehead atoms. The van der Waals surface area contributed by atoms with E-state index in [1.807, 2.05) is 30.4 Å². The van der Waals surface area contributed by atoms with Gasteiger partial charge in [0.1, 0.15) is 0 Å². The summed E-state index contributed by atoms with van der Waals surface area (Å²) in [5.74, 6) is -0.309. The molecule has 2 N–H and O–H groups in total. The van der Waals surface area contributed by atoms with Gasteiger partial charge in [-0.25, -0.2) is 0 Å². The number of nitrogens with two attached hydrogens (primary N) is 1. The Hall–Kier alpha value is -2.09. The Morgan fingerprint density at radius 3 is 2.65 bits per heavy atom. The van der Waals surface area contributed by atoms with E-state index in [1.165, 1.54) is 16.7 Å². The van der Waals surface area contributed by atoms with Crippen LogP contribution in [0.4, 0.5) is 0 Å². The first-order chi connectivity index (χ1) is 8.27. The molecule has 2 nitrogen and oxygen atoms in total. The average Bonchev–Trinajstić information content (AvgIpc) is 2.21. The predicted octanol–water partition coefficient (Wildman–Crippen LogP) is 2.41. The second-order valence-electron chi connectivity index (χ2n) is 4.40. The number of amides is 1. The van der Waals surface area contributed by atoms with Gasteiger partial charge < -0.3 is 5.73 Å². The van der Waals surface area contributed by atoms with Crippen LogP contribution in [-0.4, -0.2) is 5.91 Å². The van der Waals surface area contributed by atoms with Crippen molar-refractivity contribution in [3.8, 4) is 0 Å². The van der Waals surface area contributed by atoms with Gasteiger partial charge in [-0.2, -0.15) is 0 Å². The highest BCUT2D eigenvalue weighted by Gasteiger charge is 2.32. The van der Waals surface area contributed by atoms with Gasteiger partial charge in [-0.05, 0) is 28.7 Å². The van der Waals surface area contributed by atoms with E-state index in [-0.39, 0.29) is 11.8 Å². The quantitative estimate of drug-likeness (QED) is 0.780. The lowest BCUT2D eigenvalue weighted by atomic mass is 9.73. The highest BCUT2D eigenvalue weighted by molar-refractivity contribution is 5.87.